The molecule has 0 aliphatic rings. The van der Waals surface area contributed by atoms with Crippen LogP contribution < -0.4 is 0 Å². The molecule has 0 aromatic carbocycles. The Hall–Kier alpha value is -0.830. The van der Waals surface area contributed by atoms with Crippen molar-refractivity contribution in [3.63, 3.8) is 0 Å². The van der Waals surface area contributed by atoms with E-state index < -0.39 is 0 Å². The fourth-order valence-electron chi connectivity index (χ4n) is 1.32. The number of hydrogen-bond donors (Lipinski definition) is 0. The second kappa shape index (κ2) is 2.90. The van der Waals surface area contributed by atoms with Gasteiger partial charge in [-0.25, -0.2) is 4.98 Å². The number of pyridine rings is 1. The molecule has 2 heterocycles. The quantitative estimate of drug-likeness (QED) is 0.729. The maximum Gasteiger partial charge on any atom is 0.141 e. The van der Waals surface area contributed by atoms with Crippen molar-refractivity contribution in [3.8, 4) is 0 Å². The highest BCUT2D eigenvalue weighted by atomic mass is 79.9. The topological polar surface area (TPSA) is 17.3 Å². The highest BCUT2D eigenvalue weighted by molar-refractivity contribution is 9.10. The molecular weight excluding hydrogens is 216 g/mol. The maximum atomic E-state index is 4.36. The average Bonchev–Trinajstić information content (AvgIpc) is 2.44. The third-order valence-electron chi connectivity index (χ3n) is 1.92. The van der Waals surface area contributed by atoms with Crippen LogP contribution in [-0.4, -0.2) is 9.38 Å². The van der Waals surface area contributed by atoms with Gasteiger partial charge in [0.1, 0.15) is 10.3 Å². The van der Waals surface area contributed by atoms with Crippen LogP contribution in [0.4, 0.5) is 0 Å². The summed E-state index contributed by atoms with van der Waals surface area (Å²) in [5.41, 5.74) is 2.33. The molecule has 2 aromatic heterocycles. The Kier molecular flexibility index (Phi) is 1.89. The van der Waals surface area contributed by atoms with E-state index in [2.05, 4.69) is 33.9 Å². The molecule has 0 aliphatic heterocycles. The first-order valence-corrected chi connectivity index (χ1v) is 4.72. The summed E-state index contributed by atoms with van der Waals surface area (Å²) in [6.07, 6.45) is 4.99. The van der Waals surface area contributed by atoms with Crippen LogP contribution in [0.15, 0.2) is 29.1 Å². The molecule has 0 bridgehead atoms. The molecule has 0 saturated heterocycles. The zero-order valence-electron chi connectivity index (χ0n) is 6.79. The Labute approximate surface area is 79.4 Å². The van der Waals surface area contributed by atoms with Gasteiger partial charge in [-0.05, 0) is 34.0 Å². The van der Waals surface area contributed by atoms with Crippen LogP contribution >= 0.6 is 15.9 Å². The standard InChI is InChI=1S/C9H9BrN2/c1-2-7-4-3-5-12-6-8(10)11-9(7)12/h3-6H,2H2,1H3. The second-order valence-corrected chi connectivity index (χ2v) is 3.49. The Morgan fingerprint density at radius 1 is 1.58 bits per heavy atom. The lowest BCUT2D eigenvalue weighted by molar-refractivity contribution is 1.08. The summed E-state index contributed by atoms with van der Waals surface area (Å²) in [6.45, 7) is 2.14. The van der Waals surface area contributed by atoms with Gasteiger partial charge in [0.05, 0.1) is 0 Å². The molecule has 62 valence electrons. The van der Waals surface area contributed by atoms with Gasteiger partial charge in [-0.3, -0.25) is 0 Å². The van der Waals surface area contributed by atoms with E-state index in [4.69, 9.17) is 0 Å². The fraction of sp³-hybridized carbons (Fsp3) is 0.222. The van der Waals surface area contributed by atoms with Crippen molar-refractivity contribution in [2.24, 2.45) is 0 Å². The van der Waals surface area contributed by atoms with Crippen molar-refractivity contribution in [1.82, 2.24) is 9.38 Å². The smallest absolute Gasteiger partial charge is 0.141 e. The van der Waals surface area contributed by atoms with E-state index in [-0.39, 0.29) is 0 Å². The van der Waals surface area contributed by atoms with E-state index in [1.807, 2.05) is 22.9 Å². The normalized spacial score (nSPS) is 10.8. The largest absolute Gasteiger partial charge is 0.306 e. The Bertz CT molecular complexity index is 406. The molecule has 0 spiro atoms. The zero-order chi connectivity index (χ0) is 8.55. The number of imidazole rings is 1. The predicted octanol–water partition coefficient (Wildman–Crippen LogP) is 2.66. The van der Waals surface area contributed by atoms with Crippen molar-refractivity contribution in [2.75, 3.05) is 0 Å². The molecule has 2 nitrogen and oxygen atoms in total. The highest BCUT2D eigenvalue weighted by Gasteiger charge is 2.01. The van der Waals surface area contributed by atoms with E-state index in [0.29, 0.717) is 0 Å². The van der Waals surface area contributed by atoms with Crippen LogP contribution in [-0.2, 0) is 6.42 Å². The number of hydrogen-bond acceptors (Lipinski definition) is 1. The van der Waals surface area contributed by atoms with Gasteiger partial charge in [0.15, 0.2) is 0 Å². The first kappa shape index (κ1) is 7.80. The molecule has 3 heteroatoms. The molecule has 0 amide bonds. The minimum atomic E-state index is 0.892. The predicted molar refractivity (Wildman–Crippen MR) is 52.3 cm³/mol. The van der Waals surface area contributed by atoms with Crippen LogP contribution in [0.3, 0.4) is 0 Å². The average molecular weight is 225 g/mol. The van der Waals surface area contributed by atoms with Crippen molar-refractivity contribution in [3.05, 3.63) is 34.7 Å². The summed E-state index contributed by atoms with van der Waals surface area (Å²) in [4.78, 5) is 4.36. The van der Waals surface area contributed by atoms with E-state index >= 15 is 0 Å². The summed E-state index contributed by atoms with van der Waals surface area (Å²) >= 11 is 3.36. The zero-order valence-corrected chi connectivity index (χ0v) is 8.37. The molecule has 0 atom stereocenters. The van der Waals surface area contributed by atoms with Gasteiger partial charge < -0.3 is 4.40 Å². The third-order valence-corrected chi connectivity index (χ3v) is 2.30. The minimum absolute atomic E-state index is 0.892. The minimum Gasteiger partial charge on any atom is -0.306 e. The molecule has 0 unspecified atom stereocenters. The van der Waals surface area contributed by atoms with E-state index in [1.54, 1.807) is 0 Å². The van der Waals surface area contributed by atoms with Gasteiger partial charge in [0.25, 0.3) is 0 Å². The molecule has 0 fully saturated rings. The lowest BCUT2D eigenvalue weighted by atomic mass is 10.2. The number of aromatic nitrogens is 2. The number of halogens is 1. The van der Waals surface area contributed by atoms with Crippen molar-refractivity contribution >= 4 is 21.6 Å². The number of nitrogens with zero attached hydrogens (tertiary/aromatic N) is 2. The SMILES string of the molecule is CCc1cccn2cc(Br)nc12. The summed E-state index contributed by atoms with van der Waals surface area (Å²) < 4.78 is 2.92. The fourth-order valence-corrected chi connectivity index (χ4v) is 1.71. The molecule has 0 saturated carbocycles. The summed E-state index contributed by atoms with van der Waals surface area (Å²) in [5, 5.41) is 0. The van der Waals surface area contributed by atoms with Gasteiger partial charge >= 0.3 is 0 Å². The number of fused-ring (bicyclic) bond motifs is 1. The molecule has 12 heavy (non-hydrogen) atoms. The summed E-state index contributed by atoms with van der Waals surface area (Å²) in [6, 6.07) is 4.15. The number of aryl methyl sites for hydroxylation is 1. The summed E-state index contributed by atoms with van der Waals surface area (Å²) in [5.74, 6) is 0. The second-order valence-electron chi connectivity index (χ2n) is 2.68. The van der Waals surface area contributed by atoms with Gasteiger partial charge in [0, 0.05) is 12.4 Å². The van der Waals surface area contributed by atoms with E-state index in [0.717, 1.165) is 16.7 Å². The van der Waals surface area contributed by atoms with Crippen molar-refractivity contribution in [2.45, 2.75) is 13.3 Å². The first-order chi connectivity index (χ1) is 5.81. The Balaban J connectivity index is 2.78. The Morgan fingerprint density at radius 2 is 2.42 bits per heavy atom. The van der Waals surface area contributed by atoms with Gasteiger partial charge in [0.2, 0.25) is 0 Å². The molecule has 0 N–H and O–H groups in total. The van der Waals surface area contributed by atoms with Crippen LogP contribution in [0, 0.1) is 0 Å². The Morgan fingerprint density at radius 3 is 3.17 bits per heavy atom. The highest BCUT2D eigenvalue weighted by Crippen LogP contribution is 2.14. The van der Waals surface area contributed by atoms with Gasteiger partial charge in [-0.15, -0.1) is 0 Å². The van der Waals surface area contributed by atoms with Crippen LogP contribution in [0.2, 0.25) is 0 Å². The van der Waals surface area contributed by atoms with Crippen LogP contribution in [0.5, 0.6) is 0 Å². The van der Waals surface area contributed by atoms with E-state index in [1.165, 1.54) is 5.56 Å². The summed E-state index contributed by atoms with van der Waals surface area (Å²) in [7, 11) is 0. The van der Waals surface area contributed by atoms with Crippen LogP contribution in [0.25, 0.3) is 5.65 Å². The molecular formula is C9H9BrN2. The lowest BCUT2D eigenvalue weighted by Gasteiger charge is -1.97. The van der Waals surface area contributed by atoms with Gasteiger partial charge in [-0.2, -0.15) is 0 Å². The maximum absolute atomic E-state index is 4.36. The molecule has 0 aliphatic carbocycles. The third kappa shape index (κ3) is 1.14. The number of rotatable bonds is 1. The van der Waals surface area contributed by atoms with Gasteiger partial charge in [-0.1, -0.05) is 13.0 Å². The molecule has 2 aromatic rings. The van der Waals surface area contributed by atoms with Crippen molar-refractivity contribution < 1.29 is 0 Å². The monoisotopic (exact) mass is 224 g/mol. The molecule has 0 radical (unpaired) electrons. The van der Waals surface area contributed by atoms with E-state index in [9.17, 15) is 0 Å². The van der Waals surface area contributed by atoms with Crippen molar-refractivity contribution in [1.29, 1.82) is 0 Å². The first-order valence-electron chi connectivity index (χ1n) is 3.93. The molecule has 2 rings (SSSR count). The van der Waals surface area contributed by atoms with Crippen LogP contribution in [0.1, 0.15) is 12.5 Å². The lowest BCUT2D eigenvalue weighted by Crippen LogP contribution is -1.88.